The van der Waals surface area contributed by atoms with Gasteiger partial charge in [-0.1, -0.05) is 29.3 Å². The first kappa shape index (κ1) is 22.5. The topological polar surface area (TPSA) is 90.8 Å². The minimum atomic E-state index is -4.07. The molecule has 2 bridgehead atoms. The summed E-state index contributed by atoms with van der Waals surface area (Å²) in [6, 6.07) is 8.25. The van der Waals surface area contributed by atoms with Crippen molar-refractivity contribution >= 4 is 39.1 Å². The Balaban J connectivity index is 1.75. The van der Waals surface area contributed by atoms with E-state index in [0.717, 1.165) is 0 Å². The Kier molecular flexibility index (Phi) is 6.55. The van der Waals surface area contributed by atoms with Crippen LogP contribution in [0.5, 0.6) is 0 Å². The van der Waals surface area contributed by atoms with Crippen LogP contribution in [0, 0.1) is 5.92 Å². The summed E-state index contributed by atoms with van der Waals surface area (Å²) in [5.74, 6) is -0.689. The van der Waals surface area contributed by atoms with Gasteiger partial charge in [0.2, 0.25) is 15.9 Å². The maximum absolute atomic E-state index is 13.7. The van der Waals surface area contributed by atoms with Gasteiger partial charge < -0.3 is 10.0 Å². The van der Waals surface area contributed by atoms with Crippen LogP contribution in [0.15, 0.2) is 47.5 Å². The molecule has 0 radical (unpaired) electrons. The Morgan fingerprint density at radius 2 is 1.87 bits per heavy atom. The molecule has 1 amide bonds. The Labute approximate surface area is 191 Å². The largest absolute Gasteiger partial charge is 0.396 e. The van der Waals surface area contributed by atoms with E-state index in [2.05, 4.69) is 4.98 Å². The molecule has 1 N–H and O–H groups in total. The van der Waals surface area contributed by atoms with Crippen LogP contribution in [0.3, 0.4) is 0 Å². The highest BCUT2D eigenvalue weighted by molar-refractivity contribution is 7.89. The van der Waals surface area contributed by atoms with Crippen molar-refractivity contribution in [1.29, 1.82) is 0 Å². The molecule has 0 saturated carbocycles. The van der Waals surface area contributed by atoms with Crippen LogP contribution in [-0.4, -0.2) is 58.9 Å². The van der Waals surface area contributed by atoms with Crippen molar-refractivity contribution in [1.82, 2.24) is 14.2 Å². The van der Waals surface area contributed by atoms with Crippen molar-refractivity contribution < 1.29 is 18.3 Å². The summed E-state index contributed by atoms with van der Waals surface area (Å²) >= 11 is 12.1. The first-order valence-electron chi connectivity index (χ1n) is 10.1. The molecule has 2 aliphatic rings. The molecule has 4 rings (SSSR count). The minimum absolute atomic E-state index is 0.0513. The first-order valence-corrected chi connectivity index (χ1v) is 12.3. The first-order chi connectivity index (χ1) is 14.8. The zero-order valence-electron chi connectivity index (χ0n) is 16.7. The second-order valence-electron chi connectivity index (χ2n) is 7.94. The van der Waals surface area contributed by atoms with E-state index in [4.69, 9.17) is 23.2 Å². The highest BCUT2D eigenvalue weighted by Crippen LogP contribution is 2.38. The molecular weight excluding hydrogens is 461 g/mol. The number of carbonyl (C=O) groups excluding carboxylic acids is 1. The predicted molar refractivity (Wildman–Crippen MR) is 117 cm³/mol. The summed E-state index contributed by atoms with van der Waals surface area (Å²) in [6.07, 6.45) is 3.34. The number of nitrogens with zero attached hydrogens (tertiary/aromatic N) is 3. The Morgan fingerprint density at radius 3 is 2.52 bits per heavy atom. The quantitative estimate of drug-likeness (QED) is 0.705. The molecule has 0 aliphatic carbocycles. The number of piperidine rings is 1. The van der Waals surface area contributed by atoms with Gasteiger partial charge in [-0.15, -0.1) is 0 Å². The lowest BCUT2D eigenvalue weighted by atomic mass is 9.91. The molecule has 10 heteroatoms. The van der Waals surface area contributed by atoms with Crippen LogP contribution in [-0.2, 0) is 21.4 Å². The van der Waals surface area contributed by atoms with Crippen LogP contribution in [0.1, 0.15) is 25.0 Å². The summed E-state index contributed by atoms with van der Waals surface area (Å²) < 4.78 is 28.6. The molecule has 3 atom stereocenters. The normalized spacial score (nSPS) is 24.8. The Hall–Kier alpha value is -1.71. The number of rotatable bonds is 5. The lowest BCUT2D eigenvalue weighted by molar-refractivity contribution is -0.135. The van der Waals surface area contributed by atoms with Gasteiger partial charge in [-0.25, -0.2) is 8.42 Å². The molecule has 31 heavy (non-hydrogen) atoms. The number of sulfonamides is 1. The minimum Gasteiger partial charge on any atom is -0.396 e. The van der Waals surface area contributed by atoms with E-state index in [1.807, 2.05) is 12.1 Å². The van der Waals surface area contributed by atoms with Gasteiger partial charge in [-0.2, -0.15) is 4.31 Å². The van der Waals surface area contributed by atoms with Crippen LogP contribution in [0.2, 0.25) is 10.0 Å². The number of carbonyl (C=O) groups is 1. The van der Waals surface area contributed by atoms with E-state index in [0.29, 0.717) is 25.0 Å². The van der Waals surface area contributed by atoms with Gasteiger partial charge in [0.25, 0.3) is 0 Å². The molecule has 2 aromatic rings. The molecule has 166 valence electrons. The van der Waals surface area contributed by atoms with Gasteiger partial charge in [0, 0.05) is 41.4 Å². The third kappa shape index (κ3) is 4.45. The van der Waals surface area contributed by atoms with Crippen LogP contribution in [0.25, 0.3) is 0 Å². The van der Waals surface area contributed by atoms with E-state index in [9.17, 15) is 18.3 Å². The van der Waals surface area contributed by atoms with Crippen molar-refractivity contribution in [2.24, 2.45) is 5.92 Å². The fourth-order valence-electron chi connectivity index (χ4n) is 4.54. The number of pyridine rings is 1. The Bertz CT molecular complexity index is 1050. The molecule has 7 nitrogen and oxygen atoms in total. The standard InChI is InChI=1S/C21H23Cl2N3O4S/c22-15-8-16(23)10-18(9-15)31(29,30)26-19-5-3-6-20(26)21(28)25(11-14(19)13-27)12-17-4-1-2-7-24-17/h1-2,4,7-10,14,19-20,27H,3,5-6,11-13H2/t14-,19?,20?/m1/s1. The van der Waals surface area contributed by atoms with Gasteiger partial charge in [0.1, 0.15) is 6.04 Å². The highest BCUT2D eigenvalue weighted by atomic mass is 35.5. The summed E-state index contributed by atoms with van der Waals surface area (Å²) in [7, 11) is -4.07. The zero-order valence-corrected chi connectivity index (χ0v) is 19.0. The monoisotopic (exact) mass is 483 g/mol. The third-order valence-electron chi connectivity index (χ3n) is 5.93. The molecule has 2 saturated heterocycles. The molecule has 1 aromatic heterocycles. The van der Waals surface area contributed by atoms with Crippen molar-refractivity contribution in [2.75, 3.05) is 13.2 Å². The number of fused-ring (bicyclic) bond motifs is 2. The lowest BCUT2D eigenvalue weighted by Gasteiger charge is -2.40. The third-order valence-corrected chi connectivity index (χ3v) is 8.28. The van der Waals surface area contributed by atoms with E-state index in [-0.39, 0.29) is 40.5 Å². The van der Waals surface area contributed by atoms with Gasteiger partial charge in [0.05, 0.1) is 17.1 Å². The maximum Gasteiger partial charge on any atom is 0.244 e. The molecular formula is C21H23Cl2N3O4S. The maximum atomic E-state index is 13.7. The fourth-order valence-corrected chi connectivity index (χ4v) is 7.16. The highest BCUT2D eigenvalue weighted by Gasteiger charge is 2.50. The number of amides is 1. The predicted octanol–water partition coefficient (Wildman–Crippen LogP) is 2.95. The van der Waals surface area contributed by atoms with Gasteiger partial charge in [-0.05, 0) is 49.6 Å². The van der Waals surface area contributed by atoms with Crippen LogP contribution < -0.4 is 0 Å². The number of aliphatic hydroxyl groups excluding tert-OH is 1. The van der Waals surface area contributed by atoms with Gasteiger partial charge in [0.15, 0.2) is 0 Å². The number of aliphatic hydroxyl groups is 1. The van der Waals surface area contributed by atoms with Crippen molar-refractivity contribution in [3.8, 4) is 0 Å². The van der Waals surface area contributed by atoms with Crippen LogP contribution >= 0.6 is 23.2 Å². The summed E-state index contributed by atoms with van der Waals surface area (Å²) in [5, 5.41) is 10.5. The van der Waals surface area contributed by atoms with Crippen molar-refractivity contribution in [3.63, 3.8) is 0 Å². The molecule has 2 fully saturated rings. The lowest BCUT2D eigenvalue weighted by Crippen LogP contribution is -2.55. The Morgan fingerprint density at radius 1 is 1.13 bits per heavy atom. The molecule has 0 spiro atoms. The van der Waals surface area contributed by atoms with Gasteiger partial charge >= 0.3 is 0 Å². The summed E-state index contributed by atoms with van der Waals surface area (Å²) in [5.41, 5.74) is 0.708. The zero-order chi connectivity index (χ0) is 22.2. The summed E-state index contributed by atoms with van der Waals surface area (Å²) in [6.45, 7) is 0.289. The van der Waals surface area contributed by atoms with E-state index < -0.39 is 28.0 Å². The average Bonchev–Trinajstić information content (AvgIpc) is 2.81. The van der Waals surface area contributed by atoms with E-state index in [1.165, 1.54) is 22.5 Å². The smallest absolute Gasteiger partial charge is 0.244 e. The number of aromatic nitrogens is 1. The average molecular weight is 484 g/mol. The number of hydrogen-bond donors (Lipinski definition) is 1. The molecule has 2 aliphatic heterocycles. The molecule has 3 heterocycles. The molecule has 1 aromatic carbocycles. The number of benzene rings is 1. The second-order valence-corrected chi connectivity index (χ2v) is 10.7. The van der Waals surface area contributed by atoms with E-state index in [1.54, 1.807) is 17.2 Å². The summed E-state index contributed by atoms with van der Waals surface area (Å²) in [4.78, 5) is 19.4. The van der Waals surface area contributed by atoms with Crippen molar-refractivity contribution in [3.05, 3.63) is 58.3 Å². The number of halogens is 2. The fraction of sp³-hybridized carbons (Fsp3) is 0.429. The molecule has 2 unspecified atom stereocenters. The number of hydrogen-bond acceptors (Lipinski definition) is 5. The van der Waals surface area contributed by atoms with E-state index >= 15 is 0 Å². The van der Waals surface area contributed by atoms with Crippen LogP contribution in [0.4, 0.5) is 0 Å². The van der Waals surface area contributed by atoms with Gasteiger partial charge in [-0.3, -0.25) is 9.78 Å². The van der Waals surface area contributed by atoms with Crippen molar-refractivity contribution in [2.45, 2.75) is 42.8 Å². The second kappa shape index (κ2) is 9.03. The SMILES string of the molecule is O=C1C2CCCC([C@@H](CO)CN1Cc1ccccn1)N2S(=O)(=O)c1cc(Cl)cc(Cl)c1.